The molecule has 146 valence electrons. The molecule has 2 aromatic carbocycles. The number of amides is 3. The van der Waals surface area contributed by atoms with Crippen molar-refractivity contribution in [2.45, 2.75) is 12.6 Å². The van der Waals surface area contributed by atoms with Crippen LogP contribution in [-0.4, -0.2) is 60.5 Å². The van der Waals surface area contributed by atoms with E-state index in [4.69, 9.17) is 11.6 Å². The SMILES string of the molecule is O=C(C1CN(c2ccc(Cl)cc2)C(=O)N1)N1CCN(Cc2ccccc2)CC1. The van der Waals surface area contributed by atoms with E-state index in [1.165, 1.54) is 5.56 Å². The summed E-state index contributed by atoms with van der Waals surface area (Å²) in [6.45, 7) is 4.26. The molecule has 1 N–H and O–H groups in total. The quantitative estimate of drug-likeness (QED) is 0.861. The predicted octanol–water partition coefficient (Wildman–Crippen LogP) is 2.58. The molecule has 1 atom stereocenters. The number of carbonyl (C=O) groups is 2. The molecule has 3 amide bonds. The van der Waals surface area contributed by atoms with Gasteiger partial charge in [0.2, 0.25) is 5.91 Å². The third-order valence-electron chi connectivity index (χ3n) is 5.28. The minimum absolute atomic E-state index is 0.0100. The minimum atomic E-state index is -0.510. The standard InChI is InChI=1S/C21H23ClN4O2/c22-17-6-8-18(9-7-17)26-15-19(23-21(26)28)20(27)25-12-10-24(11-13-25)14-16-4-2-1-3-5-16/h1-9,19H,10-15H2,(H,23,28). The molecule has 6 nitrogen and oxygen atoms in total. The van der Waals surface area contributed by atoms with Gasteiger partial charge in [-0.15, -0.1) is 0 Å². The van der Waals surface area contributed by atoms with Crippen molar-refractivity contribution < 1.29 is 9.59 Å². The summed E-state index contributed by atoms with van der Waals surface area (Å²) in [6.07, 6.45) is 0. The first-order chi connectivity index (χ1) is 13.6. The average molecular weight is 399 g/mol. The van der Waals surface area contributed by atoms with Gasteiger partial charge in [-0.3, -0.25) is 14.6 Å². The molecule has 1 unspecified atom stereocenters. The lowest BCUT2D eigenvalue weighted by Gasteiger charge is -2.35. The fraction of sp³-hybridized carbons (Fsp3) is 0.333. The highest BCUT2D eigenvalue weighted by Crippen LogP contribution is 2.21. The van der Waals surface area contributed by atoms with Gasteiger partial charge in [0.15, 0.2) is 0 Å². The number of hydrogen-bond donors (Lipinski definition) is 1. The molecule has 0 radical (unpaired) electrons. The second-order valence-electron chi connectivity index (χ2n) is 7.18. The summed E-state index contributed by atoms with van der Waals surface area (Å²) in [5.41, 5.74) is 2.02. The molecule has 2 heterocycles. The first-order valence-electron chi connectivity index (χ1n) is 9.49. The molecule has 0 bridgehead atoms. The van der Waals surface area contributed by atoms with Gasteiger partial charge in [-0.25, -0.2) is 4.79 Å². The maximum atomic E-state index is 12.9. The van der Waals surface area contributed by atoms with E-state index in [1.54, 1.807) is 29.2 Å². The first-order valence-corrected chi connectivity index (χ1v) is 9.86. The molecule has 4 rings (SSSR count). The van der Waals surface area contributed by atoms with Gasteiger partial charge in [-0.05, 0) is 29.8 Å². The number of nitrogens with one attached hydrogen (secondary N) is 1. The van der Waals surface area contributed by atoms with Crippen molar-refractivity contribution in [1.29, 1.82) is 0 Å². The summed E-state index contributed by atoms with van der Waals surface area (Å²) in [7, 11) is 0. The second-order valence-corrected chi connectivity index (χ2v) is 7.61. The van der Waals surface area contributed by atoms with Crippen molar-refractivity contribution in [3.05, 3.63) is 65.2 Å². The maximum Gasteiger partial charge on any atom is 0.322 e. The Hall–Kier alpha value is -2.57. The van der Waals surface area contributed by atoms with Crippen molar-refractivity contribution in [3.63, 3.8) is 0 Å². The van der Waals surface area contributed by atoms with Crippen molar-refractivity contribution in [1.82, 2.24) is 15.1 Å². The summed E-state index contributed by atoms with van der Waals surface area (Å²) in [5, 5.41) is 3.43. The van der Waals surface area contributed by atoms with E-state index < -0.39 is 6.04 Å². The molecule has 0 saturated carbocycles. The number of benzene rings is 2. The van der Waals surface area contributed by atoms with E-state index in [9.17, 15) is 9.59 Å². The monoisotopic (exact) mass is 398 g/mol. The van der Waals surface area contributed by atoms with Crippen LogP contribution in [0.4, 0.5) is 10.5 Å². The molecule has 2 fully saturated rings. The van der Waals surface area contributed by atoms with Crippen LogP contribution in [0, 0.1) is 0 Å². The van der Waals surface area contributed by atoms with Gasteiger partial charge >= 0.3 is 6.03 Å². The van der Waals surface area contributed by atoms with Gasteiger partial charge in [0.1, 0.15) is 6.04 Å². The zero-order valence-corrected chi connectivity index (χ0v) is 16.3. The van der Waals surface area contributed by atoms with Crippen molar-refractivity contribution in [2.24, 2.45) is 0 Å². The largest absolute Gasteiger partial charge is 0.338 e. The van der Waals surface area contributed by atoms with Crippen LogP contribution < -0.4 is 10.2 Å². The highest BCUT2D eigenvalue weighted by atomic mass is 35.5. The predicted molar refractivity (Wildman–Crippen MR) is 109 cm³/mol. The van der Waals surface area contributed by atoms with Crippen molar-refractivity contribution in [2.75, 3.05) is 37.6 Å². The molecule has 0 aliphatic carbocycles. The van der Waals surface area contributed by atoms with Gasteiger partial charge in [-0.1, -0.05) is 41.9 Å². The van der Waals surface area contributed by atoms with Gasteiger partial charge in [0, 0.05) is 43.4 Å². The van der Waals surface area contributed by atoms with Gasteiger partial charge in [0.25, 0.3) is 0 Å². The lowest BCUT2D eigenvalue weighted by molar-refractivity contribution is -0.134. The van der Waals surface area contributed by atoms with Crippen LogP contribution in [0.15, 0.2) is 54.6 Å². The first kappa shape index (κ1) is 18.8. The second kappa shape index (κ2) is 8.20. The Labute approximate surface area is 169 Å². The Morgan fingerprint density at radius 1 is 1.00 bits per heavy atom. The highest BCUT2D eigenvalue weighted by molar-refractivity contribution is 6.30. The summed E-state index contributed by atoms with van der Waals surface area (Å²) in [5.74, 6) is -0.0100. The third kappa shape index (κ3) is 4.13. The van der Waals surface area contributed by atoms with Crippen molar-refractivity contribution >= 4 is 29.2 Å². The molecular formula is C21H23ClN4O2. The normalized spacial score (nSPS) is 20.3. The van der Waals surface area contributed by atoms with Gasteiger partial charge < -0.3 is 10.2 Å². The van der Waals surface area contributed by atoms with Gasteiger partial charge in [0.05, 0.1) is 6.54 Å². The van der Waals surface area contributed by atoms with Crippen LogP contribution >= 0.6 is 11.6 Å². The van der Waals surface area contributed by atoms with Crippen LogP contribution in [0.3, 0.4) is 0 Å². The number of halogens is 1. The number of nitrogens with zero attached hydrogens (tertiary/aromatic N) is 3. The number of urea groups is 1. The molecule has 0 spiro atoms. The molecule has 2 aromatic rings. The Balaban J connectivity index is 1.32. The smallest absolute Gasteiger partial charge is 0.322 e. The van der Waals surface area contributed by atoms with Gasteiger partial charge in [-0.2, -0.15) is 0 Å². The molecular weight excluding hydrogens is 376 g/mol. The lowest BCUT2D eigenvalue weighted by Crippen LogP contribution is -2.53. The highest BCUT2D eigenvalue weighted by Gasteiger charge is 2.37. The zero-order chi connectivity index (χ0) is 19.5. The van der Waals surface area contributed by atoms with E-state index in [0.29, 0.717) is 24.7 Å². The fourth-order valence-corrected chi connectivity index (χ4v) is 3.84. The Bertz CT molecular complexity index is 835. The van der Waals surface area contributed by atoms with E-state index >= 15 is 0 Å². The summed E-state index contributed by atoms with van der Waals surface area (Å²) in [6, 6.07) is 16.7. The number of rotatable bonds is 4. The Morgan fingerprint density at radius 3 is 2.36 bits per heavy atom. The molecule has 7 heteroatoms. The van der Waals surface area contributed by atoms with Crippen molar-refractivity contribution in [3.8, 4) is 0 Å². The molecule has 0 aromatic heterocycles. The molecule has 28 heavy (non-hydrogen) atoms. The van der Waals surface area contributed by atoms with Crippen LogP contribution in [0.2, 0.25) is 5.02 Å². The maximum absolute atomic E-state index is 12.9. The lowest BCUT2D eigenvalue weighted by atomic mass is 10.2. The van der Waals surface area contributed by atoms with Crippen LogP contribution in [0.1, 0.15) is 5.56 Å². The summed E-state index contributed by atoms with van der Waals surface area (Å²) < 4.78 is 0. The Kier molecular flexibility index (Phi) is 5.50. The molecule has 2 aliphatic heterocycles. The molecule has 2 saturated heterocycles. The Morgan fingerprint density at radius 2 is 1.68 bits per heavy atom. The van der Waals surface area contributed by atoms with E-state index in [2.05, 4.69) is 22.3 Å². The number of piperazine rings is 1. The molecule has 2 aliphatic rings. The zero-order valence-electron chi connectivity index (χ0n) is 15.6. The van der Waals surface area contributed by atoms with Crippen LogP contribution in [0.25, 0.3) is 0 Å². The number of anilines is 1. The third-order valence-corrected chi connectivity index (χ3v) is 5.53. The minimum Gasteiger partial charge on any atom is -0.338 e. The number of hydrogen-bond acceptors (Lipinski definition) is 3. The average Bonchev–Trinajstić information content (AvgIpc) is 3.11. The van der Waals surface area contributed by atoms with E-state index in [0.717, 1.165) is 25.3 Å². The van der Waals surface area contributed by atoms with E-state index in [-0.39, 0.29) is 11.9 Å². The summed E-state index contributed by atoms with van der Waals surface area (Å²) >= 11 is 5.91. The van der Waals surface area contributed by atoms with Crippen LogP contribution in [0.5, 0.6) is 0 Å². The fourth-order valence-electron chi connectivity index (χ4n) is 3.71. The topological polar surface area (TPSA) is 55.9 Å². The number of carbonyl (C=O) groups excluding carboxylic acids is 2. The van der Waals surface area contributed by atoms with Crippen LogP contribution in [-0.2, 0) is 11.3 Å². The summed E-state index contributed by atoms with van der Waals surface area (Å²) in [4.78, 5) is 31.0. The van der Waals surface area contributed by atoms with E-state index in [1.807, 2.05) is 23.1 Å².